The van der Waals surface area contributed by atoms with Crippen LogP contribution < -0.4 is 10.1 Å². The van der Waals surface area contributed by atoms with Crippen molar-refractivity contribution < 1.29 is 9.53 Å². The van der Waals surface area contributed by atoms with Crippen molar-refractivity contribution in [3.63, 3.8) is 0 Å². The molecule has 0 fully saturated rings. The highest BCUT2D eigenvalue weighted by molar-refractivity contribution is 6.31. The normalized spacial score (nSPS) is 18.8. The molecule has 5 heteroatoms. The van der Waals surface area contributed by atoms with Crippen LogP contribution in [0, 0.1) is 17.8 Å². The summed E-state index contributed by atoms with van der Waals surface area (Å²) < 4.78 is 7.74. The van der Waals surface area contributed by atoms with Gasteiger partial charge in [-0.05, 0) is 47.8 Å². The van der Waals surface area contributed by atoms with Crippen LogP contribution in [0.1, 0.15) is 54.9 Å². The van der Waals surface area contributed by atoms with E-state index >= 15 is 0 Å². The predicted molar refractivity (Wildman–Crippen MR) is 114 cm³/mol. The Kier molecular flexibility index (Phi) is 6.39. The summed E-state index contributed by atoms with van der Waals surface area (Å²) in [6.07, 6.45) is 1.83. The third kappa shape index (κ3) is 4.22. The van der Waals surface area contributed by atoms with E-state index in [-0.39, 0.29) is 5.91 Å². The molecule has 0 unspecified atom stereocenters. The summed E-state index contributed by atoms with van der Waals surface area (Å²) >= 11 is 6.57. The van der Waals surface area contributed by atoms with Gasteiger partial charge in [-0.25, -0.2) is 0 Å². The van der Waals surface area contributed by atoms with Crippen molar-refractivity contribution >= 4 is 17.5 Å². The van der Waals surface area contributed by atoms with E-state index in [0.29, 0.717) is 41.8 Å². The molecule has 3 rings (SSSR count). The number of fused-ring (bicyclic) bond motifs is 1. The fourth-order valence-electron chi connectivity index (χ4n) is 3.84. The lowest BCUT2D eigenvalue weighted by Gasteiger charge is -2.26. The topological polar surface area (TPSA) is 43.3 Å². The molecule has 28 heavy (non-hydrogen) atoms. The van der Waals surface area contributed by atoms with Gasteiger partial charge in [-0.2, -0.15) is 0 Å². The average molecular weight is 403 g/mol. The van der Waals surface area contributed by atoms with Crippen LogP contribution in [-0.4, -0.2) is 17.1 Å². The van der Waals surface area contributed by atoms with Gasteiger partial charge >= 0.3 is 0 Å². The molecule has 0 saturated heterocycles. The molecule has 1 aromatic heterocycles. The molecule has 0 saturated carbocycles. The maximum atomic E-state index is 13.1. The summed E-state index contributed by atoms with van der Waals surface area (Å²) in [5.41, 5.74) is 3.92. The van der Waals surface area contributed by atoms with Crippen molar-refractivity contribution in [2.24, 2.45) is 24.8 Å². The highest BCUT2D eigenvalue weighted by atomic mass is 35.5. The fraction of sp³-hybridized carbons (Fsp3) is 0.522. The van der Waals surface area contributed by atoms with Gasteiger partial charge in [0.1, 0.15) is 16.6 Å². The number of amides is 1. The highest BCUT2D eigenvalue weighted by Gasteiger charge is 2.31. The minimum atomic E-state index is -0.0777. The largest absolute Gasteiger partial charge is 0.493 e. The van der Waals surface area contributed by atoms with Crippen molar-refractivity contribution in [1.82, 2.24) is 9.88 Å². The average Bonchev–Trinajstić information content (AvgIpc) is 2.89. The Morgan fingerprint density at radius 1 is 1.21 bits per heavy atom. The molecule has 1 aliphatic carbocycles. The molecule has 1 aliphatic rings. The molecular formula is C23H31ClN2O2. The molecule has 2 atom stereocenters. The lowest BCUT2D eigenvalue weighted by molar-refractivity contribution is 0.0940. The van der Waals surface area contributed by atoms with Gasteiger partial charge in [-0.1, -0.05) is 57.5 Å². The first kappa shape index (κ1) is 20.8. The summed E-state index contributed by atoms with van der Waals surface area (Å²) in [7, 11) is 1.88. The first-order chi connectivity index (χ1) is 13.3. The van der Waals surface area contributed by atoms with Gasteiger partial charge in [-0.3, -0.25) is 4.79 Å². The minimum absolute atomic E-state index is 0.0777. The van der Waals surface area contributed by atoms with E-state index in [1.165, 1.54) is 0 Å². The molecule has 0 bridgehead atoms. The second-order valence-corrected chi connectivity index (χ2v) is 8.87. The third-order valence-corrected chi connectivity index (χ3v) is 6.23. The molecule has 2 aromatic rings. The number of hydrogen-bond donors (Lipinski definition) is 1. The minimum Gasteiger partial charge on any atom is -0.493 e. The lowest BCUT2D eigenvalue weighted by Crippen LogP contribution is -2.28. The van der Waals surface area contributed by atoms with Gasteiger partial charge < -0.3 is 14.6 Å². The highest BCUT2D eigenvalue weighted by Crippen LogP contribution is 2.37. The number of benzene rings is 1. The van der Waals surface area contributed by atoms with Crippen LogP contribution in [0.3, 0.4) is 0 Å². The van der Waals surface area contributed by atoms with Gasteiger partial charge in [0.05, 0.1) is 6.61 Å². The zero-order chi connectivity index (χ0) is 20.4. The van der Waals surface area contributed by atoms with Crippen LogP contribution in [0.4, 0.5) is 0 Å². The van der Waals surface area contributed by atoms with Gasteiger partial charge in [0.25, 0.3) is 5.91 Å². The Morgan fingerprint density at radius 2 is 1.86 bits per heavy atom. The quantitative estimate of drug-likeness (QED) is 0.737. The molecule has 1 amide bonds. The van der Waals surface area contributed by atoms with Crippen LogP contribution in [0.25, 0.3) is 0 Å². The number of halogens is 1. The van der Waals surface area contributed by atoms with Crippen LogP contribution in [0.5, 0.6) is 5.75 Å². The van der Waals surface area contributed by atoms with Crippen molar-refractivity contribution in [2.45, 2.75) is 47.1 Å². The predicted octanol–water partition coefficient (Wildman–Crippen LogP) is 5.01. The third-order valence-electron chi connectivity index (χ3n) is 5.75. The second-order valence-electron chi connectivity index (χ2n) is 8.51. The summed E-state index contributed by atoms with van der Waals surface area (Å²) in [4.78, 5) is 13.1. The fourth-order valence-corrected chi connectivity index (χ4v) is 4.12. The molecular weight excluding hydrogens is 372 g/mol. The summed E-state index contributed by atoms with van der Waals surface area (Å²) in [5.74, 6) is 2.32. The van der Waals surface area contributed by atoms with E-state index in [1.54, 1.807) is 0 Å². The number of rotatable bonds is 6. The first-order valence-corrected chi connectivity index (χ1v) is 10.5. The summed E-state index contributed by atoms with van der Waals surface area (Å²) in [6.45, 7) is 9.82. The second kappa shape index (κ2) is 8.60. The van der Waals surface area contributed by atoms with Gasteiger partial charge in [-0.15, -0.1) is 0 Å². The first-order valence-electron chi connectivity index (χ1n) is 10.1. The van der Waals surface area contributed by atoms with Gasteiger partial charge in [0, 0.05) is 19.2 Å². The maximum Gasteiger partial charge on any atom is 0.268 e. The Balaban J connectivity index is 1.78. The Morgan fingerprint density at radius 3 is 2.54 bits per heavy atom. The molecule has 1 N–H and O–H groups in total. The van der Waals surface area contributed by atoms with Gasteiger partial charge in [0.2, 0.25) is 0 Å². The molecule has 0 aliphatic heterocycles. The maximum absolute atomic E-state index is 13.1. The monoisotopic (exact) mass is 402 g/mol. The molecule has 4 nitrogen and oxygen atoms in total. The smallest absolute Gasteiger partial charge is 0.268 e. The Bertz CT molecular complexity index is 857. The standard InChI is InChI=1S/C23H31ClN2O2/c1-14(2)13-28-20-9-7-6-8-17(20)12-25-23(27)21-18-10-15(3)16(4)11-19(18)22(24)26(21)5/h6-9,14-16H,10-13H2,1-5H3,(H,25,27)/t15-,16-/m0/s1. The molecule has 0 radical (unpaired) electrons. The number of aromatic nitrogens is 1. The van der Waals surface area contributed by atoms with E-state index in [1.807, 2.05) is 35.9 Å². The SMILES string of the molecule is CC(C)COc1ccccc1CNC(=O)c1c2c(c(Cl)n1C)C[C@H](C)[C@@H](C)C2. The van der Waals surface area contributed by atoms with Gasteiger partial charge in [0.15, 0.2) is 0 Å². The zero-order valence-electron chi connectivity index (χ0n) is 17.5. The van der Waals surface area contributed by atoms with Crippen LogP contribution in [-0.2, 0) is 26.4 Å². The van der Waals surface area contributed by atoms with E-state index in [2.05, 4.69) is 33.0 Å². The van der Waals surface area contributed by atoms with Crippen LogP contribution >= 0.6 is 11.6 Å². The molecule has 0 spiro atoms. The Hall–Kier alpha value is -1.94. The summed E-state index contributed by atoms with van der Waals surface area (Å²) in [6, 6.07) is 7.87. The van der Waals surface area contributed by atoms with E-state index in [0.717, 1.165) is 35.3 Å². The van der Waals surface area contributed by atoms with Crippen molar-refractivity contribution in [1.29, 1.82) is 0 Å². The number of hydrogen-bond acceptors (Lipinski definition) is 2. The number of carbonyl (C=O) groups is 1. The number of nitrogens with one attached hydrogen (secondary N) is 1. The number of ether oxygens (including phenoxy) is 1. The summed E-state index contributed by atoms with van der Waals surface area (Å²) in [5, 5.41) is 3.77. The van der Waals surface area contributed by atoms with E-state index in [9.17, 15) is 4.79 Å². The molecule has 1 heterocycles. The van der Waals surface area contributed by atoms with Crippen LogP contribution in [0.2, 0.25) is 5.15 Å². The van der Waals surface area contributed by atoms with Crippen molar-refractivity contribution in [3.8, 4) is 5.75 Å². The van der Waals surface area contributed by atoms with Crippen molar-refractivity contribution in [2.75, 3.05) is 6.61 Å². The van der Waals surface area contributed by atoms with E-state index < -0.39 is 0 Å². The zero-order valence-corrected chi connectivity index (χ0v) is 18.3. The number of nitrogens with zero attached hydrogens (tertiary/aromatic N) is 1. The molecule has 1 aromatic carbocycles. The lowest BCUT2D eigenvalue weighted by atomic mass is 9.78. The van der Waals surface area contributed by atoms with Crippen molar-refractivity contribution in [3.05, 3.63) is 51.8 Å². The van der Waals surface area contributed by atoms with E-state index in [4.69, 9.17) is 16.3 Å². The van der Waals surface area contributed by atoms with Crippen LogP contribution in [0.15, 0.2) is 24.3 Å². The molecule has 152 valence electrons. The Labute approximate surface area is 173 Å². The number of para-hydroxylation sites is 1. The number of carbonyl (C=O) groups excluding carboxylic acids is 1.